The van der Waals surface area contributed by atoms with E-state index >= 15 is 0 Å². The molecule has 5 rings (SSSR count). The molecule has 4 aromatic rings. The molecule has 1 saturated heterocycles. The Labute approximate surface area is 171 Å². The number of pyridine rings is 1. The van der Waals surface area contributed by atoms with E-state index in [1.165, 1.54) is 16.6 Å². The first-order valence-corrected chi connectivity index (χ1v) is 9.91. The lowest BCUT2D eigenvalue weighted by atomic mass is 9.94. The number of likely N-dealkylation sites (tertiary alicyclic amines) is 1. The molecule has 0 unspecified atom stereocenters. The molecule has 0 spiro atoms. The van der Waals surface area contributed by atoms with Crippen molar-refractivity contribution in [1.82, 2.24) is 28.9 Å². The summed E-state index contributed by atoms with van der Waals surface area (Å²) >= 11 is 0. The number of imidazole rings is 2. The summed E-state index contributed by atoms with van der Waals surface area (Å²) in [6.07, 6.45) is 4.35. The normalized spacial score (nSPS) is 16.3. The van der Waals surface area contributed by atoms with Crippen LogP contribution in [-0.2, 0) is 0 Å². The largest absolute Gasteiger partial charge is 0.306 e. The maximum absolute atomic E-state index is 14.9. The second-order valence-electron chi connectivity index (χ2n) is 7.99. The van der Waals surface area contributed by atoms with E-state index in [0.29, 0.717) is 11.3 Å². The molecule has 1 fully saturated rings. The van der Waals surface area contributed by atoms with Crippen LogP contribution < -0.4 is 0 Å². The third-order valence-corrected chi connectivity index (χ3v) is 5.77. The van der Waals surface area contributed by atoms with Gasteiger partial charge in [0.1, 0.15) is 0 Å². The minimum absolute atomic E-state index is 0.111. The fourth-order valence-electron chi connectivity index (χ4n) is 4.13. The number of hydrogen-bond acceptors (Lipinski definition) is 4. The number of halogens is 3. The number of fused-ring (bicyclic) bond motifs is 2. The summed E-state index contributed by atoms with van der Waals surface area (Å²) < 4.78 is 45.0. The smallest absolute Gasteiger partial charge is 0.267 e. The van der Waals surface area contributed by atoms with Crippen molar-refractivity contribution in [3.05, 3.63) is 53.5 Å². The van der Waals surface area contributed by atoms with E-state index in [2.05, 4.69) is 27.0 Å². The summed E-state index contributed by atoms with van der Waals surface area (Å²) in [6.45, 7) is 3.68. The van der Waals surface area contributed by atoms with E-state index in [0.717, 1.165) is 31.6 Å². The molecule has 1 aliphatic rings. The summed E-state index contributed by atoms with van der Waals surface area (Å²) in [5.74, 6) is -0.216. The van der Waals surface area contributed by atoms with Crippen molar-refractivity contribution < 1.29 is 13.2 Å². The molecular formula is C21H21F3N6. The van der Waals surface area contributed by atoms with Crippen LogP contribution in [0.5, 0.6) is 0 Å². The first-order valence-electron chi connectivity index (χ1n) is 9.91. The fraction of sp³-hybridized carbons (Fsp3) is 0.381. The van der Waals surface area contributed by atoms with Crippen molar-refractivity contribution in [3.8, 4) is 11.3 Å². The van der Waals surface area contributed by atoms with Crippen molar-refractivity contribution in [2.45, 2.75) is 32.1 Å². The van der Waals surface area contributed by atoms with Gasteiger partial charge in [-0.2, -0.15) is 5.10 Å². The number of hydrogen-bond donors (Lipinski definition) is 0. The number of nitrogens with zero attached hydrogens (tertiary/aromatic N) is 6. The van der Waals surface area contributed by atoms with Gasteiger partial charge in [-0.1, -0.05) is 0 Å². The van der Waals surface area contributed by atoms with E-state index in [-0.39, 0.29) is 28.5 Å². The topological polar surface area (TPSA) is 50.7 Å². The summed E-state index contributed by atoms with van der Waals surface area (Å²) in [7, 11) is 2.09. The summed E-state index contributed by atoms with van der Waals surface area (Å²) in [5, 5.41) is 4.38. The van der Waals surface area contributed by atoms with Gasteiger partial charge in [0.05, 0.1) is 28.8 Å². The van der Waals surface area contributed by atoms with Gasteiger partial charge in [0, 0.05) is 23.9 Å². The maximum Gasteiger partial charge on any atom is 0.267 e. The molecule has 0 saturated carbocycles. The molecule has 0 aliphatic carbocycles. The highest BCUT2D eigenvalue weighted by Crippen LogP contribution is 2.31. The molecule has 9 heteroatoms. The van der Waals surface area contributed by atoms with Gasteiger partial charge in [0.15, 0.2) is 17.1 Å². The molecule has 0 amide bonds. The molecule has 0 aromatic carbocycles. The second kappa shape index (κ2) is 7.09. The van der Waals surface area contributed by atoms with Crippen molar-refractivity contribution >= 4 is 11.3 Å². The Morgan fingerprint density at radius 1 is 1.03 bits per heavy atom. The van der Waals surface area contributed by atoms with Crippen LogP contribution in [0.3, 0.4) is 0 Å². The number of piperidine rings is 1. The van der Waals surface area contributed by atoms with E-state index in [9.17, 15) is 13.2 Å². The van der Waals surface area contributed by atoms with Gasteiger partial charge in [-0.3, -0.25) is 0 Å². The van der Waals surface area contributed by atoms with Crippen LogP contribution in [0.1, 0.15) is 42.1 Å². The lowest BCUT2D eigenvalue weighted by Crippen LogP contribution is -2.29. The number of aromatic nitrogens is 5. The standard InChI is InChI=1S/C21H21F3N6/c1-12-9-30-20(25-12)15(19(23)24)8-17(27-30)14-7-16(22)21-26-18(11-29(21)10-14)13-3-5-28(2)6-4-13/h7-11,13,19H,3-6H2,1-2H3. The number of aryl methyl sites for hydroxylation is 1. The lowest BCUT2D eigenvalue weighted by Gasteiger charge is -2.27. The highest BCUT2D eigenvalue weighted by molar-refractivity contribution is 5.65. The molecule has 1 aliphatic heterocycles. The predicted molar refractivity (Wildman–Crippen MR) is 106 cm³/mol. The van der Waals surface area contributed by atoms with Crippen LogP contribution in [0.15, 0.2) is 30.7 Å². The average Bonchev–Trinajstić information content (AvgIpc) is 3.30. The number of alkyl halides is 2. The summed E-state index contributed by atoms with van der Waals surface area (Å²) in [4.78, 5) is 10.9. The zero-order valence-electron chi connectivity index (χ0n) is 16.7. The third-order valence-electron chi connectivity index (χ3n) is 5.77. The highest BCUT2D eigenvalue weighted by Gasteiger charge is 2.23. The fourth-order valence-corrected chi connectivity index (χ4v) is 4.13. The van der Waals surface area contributed by atoms with Crippen LogP contribution in [0, 0.1) is 12.7 Å². The van der Waals surface area contributed by atoms with Crippen molar-refractivity contribution in [1.29, 1.82) is 0 Å². The molecule has 4 aromatic heterocycles. The predicted octanol–water partition coefficient (Wildman–Crippen LogP) is 4.24. The van der Waals surface area contributed by atoms with E-state index in [1.807, 2.05) is 6.20 Å². The first kappa shape index (κ1) is 19.0. The van der Waals surface area contributed by atoms with Crippen LogP contribution in [-0.4, -0.2) is 49.0 Å². The van der Waals surface area contributed by atoms with Crippen molar-refractivity contribution in [2.24, 2.45) is 0 Å². The first-order chi connectivity index (χ1) is 14.4. The summed E-state index contributed by atoms with van der Waals surface area (Å²) in [5.41, 5.74) is 2.22. The Bertz CT molecular complexity index is 1240. The monoisotopic (exact) mass is 414 g/mol. The van der Waals surface area contributed by atoms with Gasteiger partial charge in [0.2, 0.25) is 0 Å². The van der Waals surface area contributed by atoms with Crippen LogP contribution in [0.25, 0.3) is 22.6 Å². The third kappa shape index (κ3) is 3.23. The molecule has 0 N–H and O–H groups in total. The van der Waals surface area contributed by atoms with E-state index < -0.39 is 12.2 Å². The average molecular weight is 414 g/mol. The van der Waals surface area contributed by atoms with Gasteiger partial charge in [0.25, 0.3) is 6.43 Å². The SMILES string of the molecule is Cc1cn2nc(-c3cc(F)c4nc(C5CCN(C)CC5)cn4c3)cc(C(F)F)c2n1. The van der Waals surface area contributed by atoms with E-state index in [4.69, 9.17) is 0 Å². The minimum Gasteiger partial charge on any atom is -0.306 e. The van der Waals surface area contributed by atoms with Gasteiger partial charge >= 0.3 is 0 Å². The van der Waals surface area contributed by atoms with E-state index in [1.54, 1.807) is 23.7 Å². The van der Waals surface area contributed by atoms with Crippen LogP contribution in [0.4, 0.5) is 13.2 Å². The molecule has 6 nitrogen and oxygen atoms in total. The quantitative estimate of drug-likeness (QED) is 0.503. The van der Waals surface area contributed by atoms with Gasteiger partial charge in [-0.25, -0.2) is 27.7 Å². The Morgan fingerprint density at radius 3 is 2.53 bits per heavy atom. The van der Waals surface area contributed by atoms with Crippen LogP contribution >= 0.6 is 0 Å². The molecule has 30 heavy (non-hydrogen) atoms. The van der Waals surface area contributed by atoms with Gasteiger partial charge in [-0.05, 0) is 52.0 Å². The molecule has 0 atom stereocenters. The van der Waals surface area contributed by atoms with Crippen molar-refractivity contribution in [3.63, 3.8) is 0 Å². The maximum atomic E-state index is 14.9. The molecule has 156 valence electrons. The molecule has 5 heterocycles. The zero-order chi connectivity index (χ0) is 21.0. The summed E-state index contributed by atoms with van der Waals surface area (Å²) in [6, 6.07) is 2.58. The van der Waals surface area contributed by atoms with Gasteiger partial charge < -0.3 is 9.30 Å². The zero-order valence-corrected chi connectivity index (χ0v) is 16.7. The lowest BCUT2D eigenvalue weighted by molar-refractivity contribution is 0.152. The Kier molecular flexibility index (Phi) is 4.50. The van der Waals surface area contributed by atoms with Gasteiger partial charge in [-0.15, -0.1) is 0 Å². The Balaban J connectivity index is 1.59. The van der Waals surface area contributed by atoms with Crippen molar-refractivity contribution in [2.75, 3.05) is 20.1 Å². The molecule has 0 bridgehead atoms. The molecular weight excluding hydrogens is 393 g/mol. The molecule has 0 radical (unpaired) electrons. The Morgan fingerprint density at radius 2 is 1.80 bits per heavy atom. The van der Waals surface area contributed by atoms with Crippen LogP contribution in [0.2, 0.25) is 0 Å². The second-order valence-corrected chi connectivity index (χ2v) is 7.99. The Hall–Kier alpha value is -2.94. The highest BCUT2D eigenvalue weighted by atomic mass is 19.3. The number of rotatable bonds is 3. The minimum atomic E-state index is -2.71.